The Morgan fingerprint density at radius 3 is 2.78 bits per heavy atom. The Morgan fingerprint density at radius 1 is 1.44 bits per heavy atom. The van der Waals surface area contributed by atoms with Gasteiger partial charge in [0, 0.05) is 18.4 Å². The first-order valence-corrected chi connectivity index (χ1v) is 5.64. The molecule has 1 atom stereocenters. The minimum absolute atomic E-state index is 0.174. The van der Waals surface area contributed by atoms with Gasteiger partial charge in [0.05, 0.1) is 12.1 Å². The molecule has 1 aromatic rings. The average Bonchev–Trinajstić information content (AvgIpc) is 2.55. The van der Waals surface area contributed by atoms with E-state index < -0.39 is 11.9 Å². The van der Waals surface area contributed by atoms with E-state index in [9.17, 15) is 14.4 Å². The molecule has 18 heavy (non-hydrogen) atoms. The molecular weight excluding hydrogens is 234 g/mol. The molecule has 1 aliphatic rings. The first-order chi connectivity index (χ1) is 8.49. The molecule has 0 saturated carbocycles. The number of carboxylic acids is 1. The number of carboxylic acid groups (broad SMARTS) is 1. The zero-order valence-corrected chi connectivity index (χ0v) is 9.90. The van der Waals surface area contributed by atoms with E-state index in [1.807, 2.05) is 0 Å². The molecule has 2 N–H and O–H groups in total. The molecule has 0 fully saturated rings. The highest BCUT2D eigenvalue weighted by atomic mass is 16.4. The van der Waals surface area contributed by atoms with Crippen molar-refractivity contribution in [2.24, 2.45) is 5.92 Å². The summed E-state index contributed by atoms with van der Waals surface area (Å²) >= 11 is 0. The molecule has 5 heteroatoms. The van der Waals surface area contributed by atoms with Crippen LogP contribution in [-0.2, 0) is 16.0 Å². The lowest BCUT2D eigenvalue weighted by Gasteiger charge is -2.07. The molecule has 0 spiro atoms. The lowest BCUT2D eigenvalue weighted by Crippen LogP contribution is -2.15. The van der Waals surface area contributed by atoms with E-state index in [-0.39, 0.29) is 18.1 Å². The maximum Gasteiger partial charge on any atom is 0.304 e. The van der Waals surface area contributed by atoms with Crippen molar-refractivity contribution in [2.45, 2.75) is 19.8 Å². The molecule has 1 aromatic carbocycles. The molecule has 0 saturated heterocycles. The highest BCUT2D eigenvalue weighted by Gasteiger charge is 2.33. The van der Waals surface area contributed by atoms with Crippen LogP contribution < -0.4 is 5.32 Å². The number of anilines is 1. The maximum absolute atomic E-state index is 12.1. The monoisotopic (exact) mass is 247 g/mol. The van der Waals surface area contributed by atoms with Crippen molar-refractivity contribution in [3.63, 3.8) is 0 Å². The van der Waals surface area contributed by atoms with Crippen LogP contribution >= 0.6 is 0 Å². The highest BCUT2D eigenvalue weighted by molar-refractivity contribution is 6.09. The summed E-state index contributed by atoms with van der Waals surface area (Å²) in [6.45, 7) is 1.37. The third-order valence-corrected chi connectivity index (χ3v) is 2.97. The molecule has 0 aliphatic heterocycles. The molecule has 1 unspecified atom stereocenters. The normalized spacial score (nSPS) is 17.4. The molecule has 1 amide bonds. The number of benzene rings is 1. The van der Waals surface area contributed by atoms with Gasteiger partial charge in [-0.2, -0.15) is 0 Å². The van der Waals surface area contributed by atoms with Crippen LogP contribution in [0.1, 0.15) is 29.3 Å². The molecule has 1 aliphatic carbocycles. The fraction of sp³-hybridized carbons (Fsp3) is 0.308. The topological polar surface area (TPSA) is 83.5 Å². The molecule has 0 heterocycles. The van der Waals surface area contributed by atoms with Gasteiger partial charge >= 0.3 is 5.97 Å². The Morgan fingerprint density at radius 2 is 2.17 bits per heavy atom. The van der Waals surface area contributed by atoms with Crippen LogP contribution in [0.15, 0.2) is 18.2 Å². The molecule has 94 valence electrons. The Balaban J connectivity index is 2.34. The highest BCUT2D eigenvalue weighted by Crippen LogP contribution is 2.33. The van der Waals surface area contributed by atoms with Crippen LogP contribution in [0.5, 0.6) is 0 Å². The summed E-state index contributed by atoms with van der Waals surface area (Å²) in [5, 5.41) is 11.4. The zero-order valence-electron chi connectivity index (χ0n) is 9.90. The van der Waals surface area contributed by atoms with Crippen LogP contribution in [0.4, 0.5) is 5.69 Å². The molecule has 0 aromatic heterocycles. The fourth-order valence-corrected chi connectivity index (χ4v) is 2.29. The van der Waals surface area contributed by atoms with Crippen molar-refractivity contribution in [2.75, 3.05) is 5.32 Å². The number of carbonyl (C=O) groups excluding carboxylic acids is 2. The van der Waals surface area contributed by atoms with E-state index in [1.165, 1.54) is 6.92 Å². The summed E-state index contributed by atoms with van der Waals surface area (Å²) in [6, 6.07) is 5.20. The molecule has 5 nitrogen and oxygen atoms in total. The third-order valence-electron chi connectivity index (χ3n) is 2.97. The lowest BCUT2D eigenvalue weighted by atomic mass is 10.0. The predicted octanol–water partition coefficient (Wildman–Crippen LogP) is 1.47. The first-order valence-electron chi connectivity index (χ1n) is 5.64. The summed E-state index contributed by atoms with van der Waals surface area (Å²) in [4.78, 5) is 33.9. The quantitative estimate of drug-likeness (QED) is 0.847. The number of aliphatic carboxylic acids is 1. The third kappa shape index (κ3) is 2.25. The summed E-state index contributed by atoms with van der Waals surface area (Å²) < 4.78 is 0. The SMILES string of the molecule is CC(=O)Nc1cccc2c1C(=O)C(CC(=O)O)C2. The van der Waals surface area contributed by atoms with Gasteiger partial charge < -0.3 is 10.4 Å². The molecule has 0 bridgehead atoms. The molecular formula is C13H13NO4. The number of nitrogens with one attached hydrogen (secondary N) is 1. The number of carbonyl (C=O) groups is 3. The van der Waals surface area contributed by atoms with E-state index in [2.05, 4.69) is 5.32 Å². The summed E-state index contributed by atoms with van der Waals surface area (Å²) in [6.07, 6.45) is 0.251. The van der Waals surface area contributed by atoms with E-state index in [4.69, 9.17) is 5.11 Å². The summed E-state index contributed by atoms with van der Waals surface area (Å²) in [5.41, 5.74) is 1.73. The first kappa shape index (κ1) is 12.3. The van der Waals surface area contributed by atoms with Crippen LogP contribution in [0.3, 0.4) is 0 Å². The number of amides is 1. The number of ketones is 1. The number of Topliss-reactive ketones (excluding diaryl/α,β-unsaturated/α-hetero) is 1. The Bertz CT molecular complexity index is 536. The van der Waals surface area contributed by atoms with Gasteiger partial charge in [0.1, 0.15) is 0 Å². The number of hydrogen-bond acceptors (Lipinski definition) is 3. The minimum atomic E-state index is -0.984. The van der Waals surface area contributed by atoms with Gasteiger partial charge in [-0.25, -0.2) is 0 Å². The van der Waals surface area contributed by atoms with Gasteiger partial charge in [-0.3, -0.25) is 14.4 Å². The lowest BCUT2D eigenvalue weighted by molar-refractivity contribution is -0.137. The number of hydrogen-bond donors (Lipinski definition) is 2. The Kier molecular flexibility index (Phi) is 3.14. The summed E-state index contributed by atoms with van der Waals surface area (Å²) in [5.74, 6) is -1.95. The second kappa shape index (κ2) is 4.60. The fourth-order valence-electron chi connectivity index (χ4n) is 2.29. The second-order valence-corrected chi connectivity index (χ2v) is 4.38. The van der Waals surface area contributed by atoms with Crippen LogP contribution in [0, 0.1) is 5.92 Å². The van der Waals surface area contributed by atoms with Gasteiger partial charge in [0.25, 0.3) is 0 Å². The molecule has 2 rings (SSSR count). The van der Waals surface area contributed by atoms with Crippen LogP contribution in [-0.4, -0.2) is 22.8 Å². The predicted molar refractivity (Wildman–Crippen MR) is 64.5 cm³/mol. The van der Waals surface area contributed by atoms with Gasteiger partial charge in [-0.05, 0) is 18.1 Å². The van der Waals surface area contributed by atoms with Crippen LogP contribution in [0.2, 0.25) is 0 Å². The van der Waals surface area contributed by atoms with Crippen molar-refractivity contribution < 1.29 is 19.5 Å². The number of rotatable bonds is 3. The van der Waals surface area contributed by atoms with E-state index in [0.717, 1.165) is 5.56 Å². The van der Waals surface area contributed by atoms with E-state index >= 15 is 0 Å². The zero-order chi connectivity index (χ0) is 13.3. The van der Waals surface area contributed by atoms with Crippen molar-refractivity contribution in [1.29, 1.82) is 0 Å². The largest absolute Gasteiger partial charge is 0.481 e. The van der Waals surface area contributed by atoms with Gasteiger partial charge in [-0.15, -0.1) is 0 Å². The molecule has 0 radical (unpaired) electrons. The average molecular weight is 247 g/mol. The van der Waals surface area contributed by atoms with E-state index in [1.54, 1.807) is 18.2 Å². The Hall–Kier alpha value is -2.17. The minimum Gasteiger partial charge on any atom is -0.481 e. The second-order valence-electron chi connectivity index (χ2n) is 4.38. The van der Waals surface area contributed by atoms with Gasteiger partial charge in [-0.1, -0.05) is 12.1 Å². The van der Waals surface area contributed by atoms with Crippen molar-refractivity contribution >= 4 is 23.3 Å². The number of fused-ring (bicyclic) bond motifs is 1. The standard InChI is InChI=1S/C13H13NO4/c1-7(15)14-10-4-2-3-8-5-9(6-11(16)17)13(18)12(8)10/h2-4,9H,5-6H2,1H3,(H,14,15)(H,16,17). The van der Waals surface area contributed by atoms with Crippen molar-refractivity contribution in [3.05, 3.63) is 29.3 Å². The summed E-state index contributed by atoms with van der Waals surface area (Å²) in [7, 11) is 0. The maximum atomic E-state index is 12.1. The van der Waals surface area contributed by atoms with Crippen molar-refractivity contribution in [3.8, 4) is 0 Å². The van der Waals surface area contributed by atoms with E-state index in [0.29, 0.717) is 17.7 Å². The Labute approximate surface area is 104 Å². The van der Waals surface area contributed by atoms with Gasteiger partial charge in [0.2, 0.25) is 5.91 Å². The smallest absolute Gasteiger partial charge is 0.304 e. The van der Waals surface area contributed by atoms with Crippen LogP contribution in [0.25, 0.3) is 0 Å². The van der Waals surface area contributed by atoms with Gasteiger partial charge in [0.15, 0.2) is 5.78 Å². The van der Waals surface area contributed by atoms with Crippen molar-refractivity contribution in [1.82, 2.24) is 0 Å².